The third kappa shape index (κ3) is 4.27. The van der Waals surface area contributed by atoms with E-state index in [0.29, 0.717) is 54.5 Å². The van der Waals surface area contributed by atoms with E-state index >= 15 is 0 Å². The molecule has 0 N–H and O–H groups in total. The van der Waals surface area contributed by atoms with E-state index in [2.05, 4.69) is 0 Å². The Morgan fingerprint density at radius 3 is 2.38 bits per heavy atom. The fourth-order valence-electron chi connectivity index (χ4n) is 6.12. The molecule has 1 fully saturated rings. The second-order valence-electron chi connectivity index (χ2n) is 12.0. The molecule has 40 heavy (non-hydrogen) atoms. The molecule has 3 aliphatic rings. The van der Waals surface area contributed by atoms with Crippen molar-refractivity contribution in [1.29, 1.82) is 0 Å². The summed E-state index contributed by atoms with van der Waals surface area (Å²) in [4.78, 5) is 14.0. The molecule has 0 aromatic heterocycles. The van der Waals surface area contributed by atoms with Crippen molar-refractivity contribution in [2.75, 3.05) is 20.2 Å². The molecule has 3 aromatic rings. The monoisotopic (exact) mass is 561 g/mol. The van der Waals surface area contributed by atoms with Gasteiger partial charge in [-0.05, 0) is 75.6 Å². The number of carbonyl (C=O) groups is 1. The van der Waals surface area contributed by atoms with Crippen LogP contribution < -0.4 is 9.47 Å². The van der Waals surface area contributed by atoms with Gasteiger partial charge in [0.05, 0.1) is 29.2 Å². The minimum atomic E-state index is -3.65. The number of fused-ring (bicyclic) bond motifs is 2. The Hall–Kier alpha value is -3.43. The minimum absolute atomic E-state index is 0.0684. The van der Waals surface area contributed by atoms with E-state index in [1.807, 2.05) is 70.2 Å². The molecule has 0 aliphatic carbocycles. The van der Waals surface area contributed by atoms with Gasteiger partial charge in [0.25, 0.3) is 5.91 Å². The van der Waals surface area contributed by atoms with Crippen molar-refractivity contribution in [3.8, 4) is 11.5 Å². The van der Waals surface area contributed by atoms with Crippen LogP contribution in [-0.4, -0.2) is 61.2 Å². The van der Waals surface area contributed by atoms with Gasteiger partial charge >= 0.3 is 0 Å². The lowest BCUT2D eigenvalue weighted by Crippen LogP contribution is -2.47. The molecule has 8 nitrogen and oxygen atoms in total. The second kappa shape index (κ2) is 9.31. The molecule has 210 valence electrons. The molecule has 6 rings (SSSR count). The van der Waals surface area contributed by atoms with Gasteiger partial charge in [-0.3, -0.25) is 4.79 Å². The minimum Gasteiger partial charge on any atom is -0.493 e. The van der Waals surface area contributed by atoms with Gasteiger partial charge in [-0.25, -0.2) is 13.4 Å². The number of amides is 1. The summed E-state index contributed by atoms with van der Waals surface area (Å²) in [5.41, 5.74) is 1.40. The number of nitrogens with zero attached hydrogens (tertiary/aromatic N) is 3. The summed E-state index contributed by atoms with van der Waals surface area (Å²) in [6.45, 7) is 8.55. The average molecular weight is 562 g/mol. The topological polar surface area (TPSA) is 88.5 Å². The maximum absolute atomic E-state index is 13.7. The molecule has 9 heteroatoms. The zero-order chi connectivity index (χ0) is 28.4. The van der Waals surface area contributed by atoms with Gasteiger partial charge in [0, 0.05) is 30.6 Å². The number of methoxy groups -OCH3 is 1. The number of hydrogen-bond acceptors (Lipinski definition) is 6. The number of hydrazone groups is 1. The highest BCUT2D eigenvalue weighted by molar-refractivity contribution is 7.89. The van der Waals surface area contributed by atoms with Crippen molar-refractivity contribution < 1.29 is 22.7 Å². The standard InChI is InChI=1S/C31H35N3O5S/c1-30(2)19-25-24(12-13-26(38-5)27(25)39-30)28-31(3,4)29(35)34(32-28)22-14-16-33(17-15-22)40(36,37)23-11-10-20-8-6-7-9-21(20)18-23/h6-13,18,22H,14-17,19H2,1-5H3. The first-order valence-electron chi connectivity index (χ1n) is 13.7. The molecule has 0 atom stereocenters. The fourth-order valence-corrected chi connectivity index (χ4v) is 7.63. The van der Waals surface area contributed by atoms with Gasteiger partial charge in [-0.15, -0.1) is 0 Å². The number of piperidine rings is 1. The molecule has 0 radical (unpaired) electrons. The second-order valence-corrected chi connectivity index (χ2v) is 14.0. The summed E-state index contributed by atoms with van der Waals surface area (Å²) < 4.78 is 40.2. The average Bonchev–Trinajstić information content (AvgIpc) is 3.39. The van der Waals surface area contributed by atoms with Crippen molar-refractivity contribution in [2.45, 2.75) is 63.5 Å². The Balaban J connectivity index is 1.25. The van der Waals surface area contributed by atoms with Crippen LogP contribution in [0.5, 0.6) is 11.5 Å². The van der Waals surface area contributed by atoms with Gasteiger partial charge in [-0.2, -0.15) is 9.41 Å². The predicted molar refractivity (Wildman–Crippen MR) is 154 cm³/mol. The first kappa shape index (κ1) is 26.8. The summed E-state index contributed by atoms with van der Waals surface area (Å²) >= 11 is 0. The smallest absolute Gasteiger partial charge is 0.254 e. The van der Waals surface area contributed by atoms with Crippen LogP contribution in [0.1, 0.15) is 51.7 Å². The Bertz CT molecular complexity index is 1650. The van der Waals surface area contributed by atoms with Crippen LogP contribution in [0.2, 0.25) is 0 Å². The maximum atomic E-state index is 13.7. The van der Waals surface area contributed by atoms with E-state index in [9.17, 15) is 13.2 Å². The summed E-state index contributed by atoms with van der Waals surface area (Å²) in [5, 5.41) is 8.41. The lowest BCUT2D eigenvalue weighted by atomic mass is 9.80. The number of hydrogen-bond donors (Lipinski definition) is 0. The largest absolute Gasteiger partial charge is 0.493 e. The summed E-state index contributed by atoms with van der Waals surface area (Å²) in [6.07, 6.45) is 1.72. The molecule has 0 bridgehead atoms. The summed E-state index contributed by atoms with van der Waals surface area (Å²) in [7, 11) is -2.02. The van der Waals surface area contributed by atoms with Gasteiger partial charge in [0.2, 0.25) is 10.0 Å². The van der Waals surface area contributed by atoms with Crippen LogP contribution >= 0.6 is 0 Å². The van der Waals surface area contributed by atoms with E-state index in [1.165, 1.54) is 4.31 Å². The maximum Gasteiger partial charge on any atom is 0.254 e. The SMILES string of the molecule is COc1ccc(C2=NN(C3CCN(S(=O)(=O)c4ccc5ccccc5c4)CC3)C(=O)C2(C)C)c2c1OC(C)(C)C2. The lowest BCUT2D eigenvalue weighted by molar-refractivity contribution is -0.137. The van der Waals surface area contributed by atoms with Crippen LogP contribution in [0, 0.1) is 5.41 Å². The number of sulfonamides is 1. The summed E-state index contributed by atoms with van der Waals surface area (Å²) in [5.74, 6) is 1.31. The highest BCUT2D eigenvalue weighted by atomic mass is 32.2. The molecular weight excluding hydrogens is 526 g/mol. The lowest BCUT2D eigenvalue weighted by Gasteiger charge is -2.35. The Morgan fingerprint density at radius 2 is 1.68 bits per heavy atom. The van der Waals surface area contributed by atoms with E-state index in [1.54, 1.807) is 24.3 Å². The van der Waals surface area contributed by atoms with Gasteiger partial charge in [-0.1, -0.05) is 30.3 Å². The molecule has 0 saturated carbocycles. The van der Waals surface area contributed by atoms with Crippen molar-refractivity contribution >= 4 is 32.4 Å². The Morgan fingerprint density at radius 1 is 0.975 bits per heavy atom. The van der Waals surface area contributed by atoms with Gasteiger partial charge < -0.3 is 9.47 Å². The van der Waals surface area contributed by atoms with Crippen molar-refractivity contribution in [3.63, 3.8) is 0 Å². The number of carbonyl (C=O) groups excluding carboxylic acids is 1. The van der Waals surface area contributed by atoms with Crippen molar-refractivity contribution in [1.82, 2.24) is 9.31 Å². The van der Waals surface area contributed by atoms with E-state index in [-0.39, 0.29) is 17.6 Å². The highest BCUT2D eigenvalue weighted by Gasteiger charge is 2.49. The molecule has 1 amide bonds. The molecule has 0 unspecified atom stereocenters. The first-order valence-corrected chi connectivity index (χ1v) is 15.2. The van der Waals surface area contributed by atoms with E-state index in [0.717, 1.165) is 21.9 Å². The van der Waals surface area contributed by atoms with Crippen LogP contribution in [0.15, 0.2) is 64.6 Å². The normalized spacial score (nSPS) is 20.9. The van der Waals surface area contributed by atoms with Gasteiger partial charge in [0.15, 0.2) is 11.5 Å². The third-order valence-corrected chi connectivity index (χ3v) is 10.2. The number of ether oxygens (including phenoxy) is 2. The van der Waals surface area contributed by atoms with Crippen LogP contribution in [0.4, 0.5) is 0 Å². The molecule has 1 saturated heterocycles. The van der Waals surface area contributed by atoms with Crippen LogP contribution in [0.25, 0.3) is 10.8 Å². The number of benzene rings is 3. The van der Waals surface area contributed by atoms with Crippen molar-refractivity contribution in [3.05, 3.63) is 65.7 Å². The zero-order valence-electron chi connectivity index (χ0n) is 23.6. The van der Waals surface area contributed by atoms with E-state index < -0.39 is 15.4 Å². The van der Waals surface area contributed by atoms with Crippen molar-refractivity contribution in [2.24, 2.45) is 10.5 Å². The van der Waals surface area contributed by atoms with Crippen LogP contribution in [-0.2, 0) is 21.2 Å². The molecule has 3 aromatic carbocycles. The summed E-state index contributed by atoms with van der Waals surface area (Å²) in [6, 6.07) is 16.6. The first-order chi connectivity index (χ1) is 18.9. The molecule has 3 aliphatic heterocycles. The Kier molecular flexibility index (Phi) is 6.23. The quantitative estimate of drug-likeness (QED) is 0.438. The molecule has 0 spiro atoms. The molecular formula is C31H35N3O5S. The van der Waals surface area contributed by atoms with Crippen LogP contribution in [0.3, 0.4) is 0 Å². The van der Waals surface area contributed by atoms with Gasteiger partial charge in [0.1, 0.15) is 5.60 Å². The predicted octanol–water partition coefficient (Wildman–Crippen LogP) is 4.99. The number of rotatable bonds is 5. The highest BCUT2D eigenvalue weighted by Crippen LogP contribution is 2.46. The third-order valence-electron chi connectivity index (χ3n) is 8.35. The Labute approximate surface area is 235 Å². The fraction of sp³-hybridized carbons (Fsp3) is 0.419. The zero-order valence-corrected chi connectivity index (χ0v) is 24.4. The van der Waals surface area contributed by atoms with E-state index in [4.69, 9.17) is 14.6 Å². The molecule has 3 heterocycles.